The molecule has 3 N–H and O–H groups in total. The number of carbonyl (C=O) groups excluding carboxylic acids is 1. The fourth-order valence-electron chi connectivity index (χ4n) is 10.3. The van der Waals surface area contributed by atoms with E-state index in [0.29, 0.717) is 12.8 Å². The van der Waals surface area contributed by atoms with Gasteiger partial charge >= 0.3 is 5.97 Å². The minimum Gasteiger partial charge on any atom is -0.505 e. The molecule has 5 aliphatic rings. The van der Waals surface area contributed by atoms with E-state index in [1.54, 1.807) is 0 Å². The third-order valence-electron chi connectivity index (χ3n) is 12.8. The number of Topliss-reactive ketones (excluding diaryl/α,β-unsaturated/α-hetero) is 1. The van der Waals surface area contributed by atoms with Crippen LogP contribution in [0.25, 0.3) is 0 Å². The van der Waals surface area contributed by atoms with Crippen molar-refractivity contribution in [2.24, 2.45) is 50.7 Å². The van der Waals surface area contributed by atoms with Crippen LogP contribution in [0.3, 0.4) is 0 Å². The highest BCUT2D eigenvalue weighted by atomic mass is 16.4. The number of ketones is 1. The molecule has 5 nitrogen and oxygen atoms in total. The Kier molecular flexibility index (Phi) is 5.03. The summed E-state index contributed by atoms with van der Waals surface area (Å²) in [6.45, 7) is 14.8. The lowest BCUT2D eigenvalue weighted by molar-refractivity contribution is -0.199. The molecule has 35 heavy (non-hydrogen) atoms. The van der Waals surface area contributed by atoms with Crippen molar-refractivity contribution in [1.82, 2.24) is 0 Å². The van der Waals surface area contributed by atoms with Crippen LogP contribution in [0.2, 0.25) is 0 Å². The molecule has 0 aromatic rings. The number of aliphatic hydroxyl groups is 2. The Bertz CT molecular complexity index is 1050. The molecule has 0 aromatic carbocycles. The second-order valence-corrected chi connectivity index (χ2v) is 14.3. The highest BCUT2D eigenvalue weighted by Gasteiger charge is 2.71. The second-order valence-electron chi connectivity index (χ2n) is 14.3. The zero-order chi connectivity index (χ0) is 26.0. The van der Waals surface area contributed by atoms with Gasteiger partial charge in [-0.2, -0.15) is 0 Å². The molecule has 0 bridgehead atoms. The van der Waals surface area contributed by atoms with E-state index in [2.05, 4.69) is 33.8 Å². The SMILES string of the molecule is CC1CC[C@]2(C(=O)O)CC[C@]3(C)C(=CCC4[C@@]5(C)C=C(O)C(=O)C(C)(C)C5CC[C@]43C)C2[C@]1(C)O. The number of allylic oxidation sites excluding steroid dienone is 3. The number of hydrogen-bond acceptors (Lipinski definition) is 4. The average molecular weight is 485 g/mol. The van der Waals surface area contributed by atoms with Crippen molar-refractivity contribution in [3.05, 3.63) is 23.5 Å². The summed E-state index contributed by atoms with van der Waals surface area (Å²) < 4.78 is 0. The molecule has 0 spiro atoms. The monoisotopic (exact) mass is 484 g/mol. The summed E-state index contributed by atoms with van der Waals surface area (Å²) in [5.74, 6) is -1.01. The molecule has 3 fully saturated rings. The lowest BCUT2D eigenvalue weighted by Gasteiger charge is -2.70. The largest absolute Gasteiger partial charge is 0.505 e. The van der Waals surface area contributed by atoms with Crippen LogP contribution in [0.1, 0.15) is 93.4 Å². The zero-order valence-corrected chi connectivity index (χ0v) is 22.6. The van der Waals surface area contributed by atoms with Crippen LogP contribution < -0.4 is 0 Å². The van der Waals surface area contributed by atoms with E-state index in [-0.39, 0.29) is 45.5 Å². The van der Waals surface area contributed by atoms with Crippen LogP contribution in [0.4, 0.5) is 0 Å². The first-order valence-electron chi connectivity index (χ1n) is 13.6. The van der Waals surface area contributed by atoms with Gasteiger partial charge in [0.15, 0.2) is 5.76 Å². The molecular weight excluding hydrogens is 440 g/mol. The topological polar surface area (TPSA) is 94.8 Å². The predicted molar refractivity (Wildman–Crippen MR) is 135 cm³/mol. The summed E-state index contributed by atoms with van der Waals surface area (Å²) in [6.07, 6.45) is 9.49. The third-order valence-corrected chi connectivity index (χ3v) is 12.8. The molecule has 5 rings (SSSR count). The molecule has 0 aliphatic heterocycles. The van der Waals surface area contributed by atoms with Gasteiger partial charge in [0, 0.05) is 11.3 Å². The van der Waals surface area contributed by atoms with E-state index < -0.39 is 28.3 Å². The Balaban J connectivity index is 1.68. The smallest absolute Gasteiger partial charge is 0.310 e. The van der Waals surface area contributed by atoms with E-state index in [9.17, 15) is 24.9 Å². The number of aliphatic hydroxyl groups excluding tert-OH is 1. The Morgan fingerprint density at radius 1 is 0.971 bits per heavy atom. The number of rotatable bonds is 1. The standard InChI is InChI=1S/C30H44O5/c1-17-10-13-30(24(33)34)15-14-27(5)18(22(30)29(17,7)35)8-9-21-26(4)16-19(31)23(32)25(2,3)20(26)11-12-28(21,27)6/h8,16-17,20-22,31,35H,9-15H2,1-7H3,(H,33,34)/t17?,20?,21?,22?,26-,27+,28+,29+,30-/m0/s1. The summed E-state index contributed by atoms with van der Waals surface area (Å²) in [5.41, 5.74) is -2.16. The van der Waals surface area contributed by atoms with Crippen LogP contribution >= 0.6 is 0 Å². The molecule has 0 amide bonds. The van der Waals surface area contributed by atoms with Gasteiger partial charge in [0.1, 0.15) is 0 Å². The van der Waals surface area contributed by atoms with Crippen molar-refractivity contribution in [3.8, 4) is 0 Å². The summed E-state index contributed by atoms with van der Waals surface area (Å²) in [5, 5.41) is 33.1. The van der Waals surface area contributed by atoms with Gasteiger partial charge in [-0.15, -0.1) is 0 Å². The average Bonchev–Trinajstić information content (AvgIpc) is 2.75. The van der Waals surface area contributed by atoms with Crippen LogP contribution in [0.5, 0.6) is 0 Å². The third kappa shape index (κ3) is 2.74. The number of carboxylic acids is 1. The van der Waals surface area contributed by atoms with Crippen molar-refractivity contribution in [2.75, 3.05) is 0 Å². The van der Waals surface area contributed by atoms with E-state index in [4.69, 9.17) is 0 Å². The molecule has 0 radical (unpaired) electrons. The number of carboxylic acid groups (broad SMARTS) is 1. The van der Waals surface area contributed by atoms with Gasteiger partial charge in [0.2, 0.25) is 5.78 Å². The normalized spacial score (nSPS) is 52.7. The first-order valence-corrected chi connectivity index (χ1v) is 13.6. The highest BCUT2D eigenvalue weighted by Crippen LogP contribution is 2.75. The molecular formula is C30H44O5. The molecule has 5 aliphatic carbocycles. The Labute approximate surface area is 210 Å². The molecule has 3 saturated carbocycles. The Morgan fingerprint density at radius 2 is 1.63 bits per heavy atom. The maximum Gasteiger partial charge on any atom is 0.310 e. The first kappa shape index (κ1) is 25.0. The maximum absolute atomic E-state index is 12.9. The van der Waals surface area contributed by atoms with Crippen LogP contribution in [0, 0.1) is 50.7 Å². The Morgan fingerprint density at radius 3 is 2.26 bits per heavy atom. The van der Waals surface area contributed by atoms with E-state index in [1.807, 2.05) is 26.8 Å². The van der Waals surface area contributed by atoms with Crippen LogP contribution in [-0.4, -0.2) is 32.7 Å². The minimum absolute atomic E-state index is 0.0343. The lowest BCUT2D eigenvalue weighted by Crippen LogP contribution is -2.67. The summed E-state index contributed by atoms with van der Waals surface area (Å²) in [4.78, 5) is 25.7. The number of aliphatic carboxylic acids is 1. The fourth-order valence-corrected chi connectivity index (χ4v) is 10.3. The maximum atomic E-state index is 12.9. The van der Waals surface area contributed by atoms with Gasteiger partial charge in [-0.1, -0.05) is 53.2 Å². The van der Waals surface area contributed by atoms with Crippen molar-refractivity contribution in [2.45, 2.75) is 99.0 Å². The van der Waals surface area contributed by atoms with Crippen molar-refractivity contribution in [3.63, 3.8) is 0 Å². The van der Waals surface area contributed by atoms with Crippen molar-refractivity contribution >= 4 is 11.8 Å². The van der Waals surface area contributed by atoms with Gasteiger partial charge in [0.25, 0.3) is 0 Å². The molecule has 0 aromatic heterocycles. The van der Waals surface area contributed by atoms with Gasteiger partial charge in [0.05, 0.1) is 11.0 Å². The molecule has 4 unspecified atom stereocenters. The quantitative estimate of drug-likeness (QED) is 0.392. The first-order chi connectivity index (χ1) is 16.0. The summed E-state index contributed by atoms with van der Waals surface area (Å²) in [7, 11) is 0. The fraction of sp³-hybridized carbons (Fsp3) is 0.800. The Hall–Kier alpha value is -1.62. The molecule has 9 atom stereocenters. The molecule has 5 heteroatoms. The zero-order valence-electron chi connectivity index (χ0n) is 22.6. The molecule has 0 saturated heterocycles. The minimum atomic E-state index is -1.08. The van der Waals surface area contributed by atoms with E-state index in [0.717, 1.165) is 37.7 Å². The van der Waals surface area contributed by atoms with Crippen LogP contribution in [-0.2, 0) is 9.59 Å². The summed E-state index contributed by atoms with van der Waals surface area (Å²) >= 11 is 0. The van der Waals surface area contributed by atoms with Crippen LogP contribution in [0.15, 0.2) is 23.5 Å². The van der Waals surface area contributed by atoms with E-state index in [1.165, 1.54) is 0 Å². The molecule has 194 valence electrons. The number of hydrogen-bond donors (Lipinski definition) is 3. The number of fused-ring (bicyclic) bond motifs is 7. The summed E-state index contributed by atoms with van der Waals surface area (Å²) in [6, 6.07) is 0. The van der Waals surface area contributed by atoms with Gasteiger partial charge in [-0.25, -0.2) is 0 Å². The van der Waals surface area contributed by atoms with Crippen molar-refractivity contribution in [1.29, 1.82) is 0 Å². The predicted octanol–water partition coefficient (Wildman–Crippen LogP) is 6.07. The molecule has 0 heterocycles. The highest BCUT2D eigenvalue weighted by molar-refractivity contribution is 5.98. The van der Waals surface area contributed by atoms with Gasteiger partial charge in [-0.3, -0.25) is 9.59 Å². The second kappa shape index (κ2) is 7.02. The van der Waals surface area contributed by atoms with Crippen molar-refractivity contribution < 1.29 is 24.9 Å². The lowest BCUT2D eigenvalue weighted by atomic mass is 9.33. The van der Waals surface area contributed by atoms with Gasteiger partial charge in [-0.05, 0) is 91.9 Å². The van der Waals surface area contributed by atoms with Gasteiger partial charge < -0.3 is 15.3 Å². The number of carbonyl (C=O) groups is 2. The van der Waals surface area contributed by atoms with E-state index >= 15 is 0 Å².